The van der Waals surface area contributed by atoms with Gasteiger partial charge in [0.15, 0.2) is 12.3 Å². The number of anilines is 1. The number of para-hydroxylation sites is 1. The van der Waals surface area contributed by atoms with Gasteiger partial charge in [0.25, 0.3) is 5.91 Å². The fraction of sp³-hybridized carbons (Fsp3) is 0.214. The molecule has 0 bridgehead atoms. The second-order valence-corrected chi connectivity index (χ2v) is 4.40. The number of benzene rings is 1. The summed E-state index contributed by atoms with van der Waals surface area (Å²) in [4.78, 5) is 23.4. The number of amides is 1. The molecule has 1 amide bonds. The molecule has 2 aromatic rings. The number of aromatic nitrogens is 2. The molecular formula is C14H16ClN3O2. The second kappa shape index (κ2) is 6.86. The summed E-state index contributed by atoms with van der Waals surface area (Å²) in [6.07, 6.45) is 5.49. The molecule has 1 aromatic carbocycles. The third kappa shape index (κ3) is 3.93. The maximum Gasteiger partial charge on any atom is 0.266 e. The Morgan fingerprint density at radius 2 is 2.00 bits per heavy atom. The predicted octanol–water partition coefficient (Wildman–Crippen LogP) is -1.84. The SMILES string of the molecule is CC(=O)c1ccccc1NC(=O)Cn1cc[n+](C)c1.[Cl-]. The summed E-state index contributed by atoms with van der Waals surface area (Å²) in [5, 5.41) is 2.76. The minimum absolute atomic E-state index is 0. The van der Waals surface area contributed by atoms with Crippen LogP contribution in [0.5, 0.6) is 0 Å². The van der Waals surface area contributed by atoms with Crippen LogP contribution in [-0.4, -0.2) is 16.3 Å². The first-order valence-corrected chi connectivity index (χ1v) is 5.97. The summed E-state index contributed by atoms with van der Waals surface area (Å²) in [6.45, 7) is 1.70. The number of ketones is 1. The van der Waals surface area contributed by atoms with Gasteiger partial charge in [-0.05, 0) is 19.1 Å². The van der Waals surface area contributed by atoms with Gasteiger partial charge in [-0.15, -0.1) is 0 Å². The van der Waals surface area contributed by atoms with Crippen molar-refractivity contribution in [2.75, 3.05) is 5.32 Å². The van der Waals surface area contributed by atoms with E-state index in [9.17, 15) is 9.59 Å². The minimum Gasteiger partial charge on any atom is -1.00 e. The van der Waals surface area contributed by atoms with Gasteiger partial charge in [-0.3, -0.25) is 9.59 Å². The van der Waals surface area contributed by atoms with Crippen LogP contribution < -0.4 is 22.3 Å². The van der Waals surface area contributed by atoms with Crippen LogP contribution in [0.1, 0.15) is 17.3 Å². The summed E-state index contributed by atoms with van der Waals surface area (Å²) in [7, 11) is 1.89. The molecule has 2 rings (SSSR count). The van der Waals surface area contributed by atoms with Gasteiger partial charge in [0, 0.05) is 5.56 Å². The quantitative estimate of drug-likeness (QED) is 0.532. The highest BCUT2D eigenvalue weighted by Gasteiger charge is 2.12. The number of nitrogens with zero attached hydrogens (tertiary/aromatic N) is 2. The van der Waals surface area contributed by atoms with E-state index in [1.54, 1.807) is 28.8 Å². The zero-order valence-corrected chi connectivity index (χ0v) is 12.1. The molecule has 20 heavy (non-hydrogen) atoms. The standard InChI is InChI=1S/C14H15N3O2.ClH/c1-11(18)12-5-3-4-6-13(12)15-14(19)9-17-8-7-16(2)10-17;/h3-8,10H,9H2,1-2H3;1H. The molecule has 0 spiro atoms. The van der Waals surface area contributed by atoms with Crippen molar-refractivity contribution in [3.63, 3.8) is 0 Å². The Bertz CT molecular complexity index is 622. The summed E-state index contributed by atoms with van der Waals surface area (Å²) in [5.74, 6) is -0.229. The van der Waals surface area contributed by atoms with Crippen molar-refractivity contribution in [3.8, 4) is 0 Å². The fourth-order valence-electron chi connectivity index (χ4n) is 1.85. The van der Waals surface area contributed by atoms with Crippen molar-refractivity contribution in [3.05, 3.63) is 48.5 Å². The lowest BCUT2D eigenvalue weighted by molar-refractivity contribution is -0.671. The van der Waals surface area contributed by atoms with E-state index in [-0.39, 0.29) is 30.6 Å². The molecule has 0 fully saturated rings. The molecule has 0 saturated heterocycles. The Morgan fingerprint density at radius 3 is 2.60 bits per heavy atom. The third-order valence-electron chi connectivity index (χ3n) is 2.73. The highest BCUT2D eigenvalue weighted by Crippen LogP contribution is 2.15. The first kappa shape index (κ1) is 15.9. The van der Waals surface area contributed by atoms with E-state index in [2.05, 4.69) is 5.32 Å². The molecule has 0 saturated carbocycles. The van der Waals surface area contributed by atoms with Crippen LogP contribution >= 0.6 is 0 Å². The molecule has 5 nitrogen and oxygen atoms in total. The highest BCUT2D eigenvalue weighted by molar-refractivity contribution is 6.03. The molecule has 0 atom stereocenters. The van der Waals surface area contributed by atoms with E-state index in [0.717, 1.165) is 0 Å². The van der Waals surface area contributed by atoms with Gasteiger partial charge in [-0.1, -0.05) is 12.1 Å². The van der Waals surface area contributed by atoms with Crippen LogP contribution in [0.15, 0.2) is 43.0 Å². The molecular weight excluding hydrogens is 278 g/mol. The zero-order valence-electron chi connectivity index (χ0n) is 11.3. The monoisotopic (exact) mass is 293 g/mol. The lowest BCUT2D eigenvalue weighted by Gasteiger charge is -2.07. The van der Waals surface area contributed by atoms with Gasteiger partial charge in [0.1, 0.15) is 12.4 Å². The number of Topliss-reactive ketones (excluding diaryl/α,β-unsaturated/α-hetero) is 1. The number of carbonyl (C=O) groups excluding carboxylic acids is 2. The van der Waals surface area contributed by atoms with Crippen molar-refractivity contribution < 1.29 is 26.6 Å². The first-order chi connectivity index (χ1) is 9.06. The van der Waals surface area contributed by atoms with E-state index in [0.29, 0.717) is 11.3 Å². The number of hydrogen-bond acceptors (Lipinski definition) is 2. The average Bonchev–Trinajstić information content (AvgIpc) is 2.75. The van der Waals surface area contributed by atoms with E-state index >= 15 is 0 Å². The van der Waals surface area contributed by atoms with Crippen molar-refractivity contribution in [1.82, 2.24) is 4.57 Å². The minimum atomic E-state index is -0.162. The Kier molecular flexibility index (Phi) is 5.46. The smallest absolute Gasteiger partial charge is 0.266 e. The normalized spacial score (nSPS) is 9.70. The molecule has 1 N–H and O–H groups in total. The van der Waals surface area contributed by atoms with Crippen LogP contribution in [0.4, 0.5) is 5.69 Å². The fourth-order valence-corrected chi connectivity index (χ4v) is 1.85. The van der Waals surface area contributed by atoms with E-state index in [1.807, 2.05) is 30.3 Å². The lowest BCUT2D eigenvalue weighted by Crippen LogP contribution is -3.00. The topological polar surface area (TPSA) is 55.0 Å². The largest absolute Gasteiger partial charge is 1.00 e. The molecule has 1 heterocycles. The second-order valence-electron chi connectivity index (χ2n) is 4.40. The lowest BCUT2D eigenvalue weighted by atomic mass is 10.1. The van der Waals surface area contributed by atoms with Crippen LogP contribution in [-0.2, 0) is 18.4 Å². The van der Waals surface area contributed by atoms with Gasteiger partial charge in [0.2, 0.25) is 6.33 Å². The predicted molar refractivity (Wildman–Crippen MR) is 70.7 cm³/mol. The van der Waals surface area contributed by atoms with E-state index in [4.69, 9.17) is 0 Å². The van der Waals surface area contributed by atoms with Crippen LogP contribution in [0.3, 0.4) is 0 Å². The van der Waals surface area contributed by atoms with E-state index < -0.39 is 0 Å². The number of hydrogen-bond donors (Lipinski definition) is 1. The van der Waals surface area contributed by atoms with Crippen LogP contribution in [0.2, 0.25) is 0 Å². The molecule has 0 radical (unpaired) electrons. The maximum atomic E-state index is 11.9. The summed E-state index contributed by atoms with van der Waals surface area (Å²) in [6, 6.07) is 6.99. The first-order valence-electron chi connectivity index (χ1n) is 5.97. The highest BCUT2D eigenvalue weighted by atomic mass is 35.5. The molecule has 106 valence electrons. The summed E-state index contributed by atoms with van der Waals surface area (Å²) < 4.78 is 3.63. The van der Waals surface area contributed by atoms with Crippen molar-refractivity contribution in [1.29, 1.82) is 0 Å². The number of imidazole rings is 1. The summed E-state index contributed by atoms with van der Waals surface area (Å²) >= 11 is 0. The number of rotatable bonds is 4. The Hall–Kier alpha value is -2.14. The Morgan fingerprint density at radius 1 is 1.30 bits per heavy atom. The number of aryl methyl sites for hydroxylation is 1. The number of carbonyl (C=O) groups is 2. The van der Waals surface area contributed by atoms with Crippen LogP contribution in [0, 0.1) is 0 Å². The molecule has 0 aliphatic heterocycles. The number of halogens is 1. The summed E-state index contributed by atoms with van der Waals surface area (Å²) in [5.41, 5.74) is 1.07. The Balaban J connectivity index is 0.00000200. The van der Waals surface area contributed by atoms with Gasteiger partial charge < -0.3 is 17.7 Å². The van der Waals surface area contributed by atoms with Crippen molar-refractivity contribution in [2.24, 2.45) is 7.05 Å². The molecule has 1 aromatic heterocycles. The van der Waals surface area contributed by atoms with Crippen molar-refractivity contribution in [2.45, 2.75) is 13.5 Å². The number of nitrogens with one attached hydrogen (secondary N) is 1. The third-order valence-corrected chi connectivity index (χ3v) is 2.73. The van der Waals surface area contributed by atoms with Crippen molar-refractivity contribution >= 4 is 17.4 Å². The van der Waals surface area contributed by atoms with Gasteiger partial charge >= 0.3 is 0 Å². The maximum absolute atomic E-state index is 11.9. The Labute approximate surface area is 123 Å². The zero-order chi connectivity index (χ0) is 13.8. The molecule has 0 aliphatic carbocycles. The van der Waals surface area contributed by atoms with Gasteiger partial charge in [0.05, 0.1) is 12.7 Å². The molecule has 6 heteroatoms. The van der Waals surface area contributed by atoms with E-state index in [1.165, 1.54) is 6.92 Å². The van der Waals surface area contributed by atoms with Gasteiger partial charge in [-0.2, -0.15) is 0 Å². The van der Waals surface area contributed by atoms with Crippen LogP contribution in [0.25, 0.3) is 0 Å². The molecule has 0 unspecified atom stereocenters. The average molecular weight is 294 g/mol. The van der Waals surface area contributed by atoms with Gasteiger partial charge in [-0.25, -0.2) is 9.13 Å². The molecule has 0 aliphatic rings.